The summed E-state index contributed by atoms with van der Waals surface area (Å²) in [5, 5.41) is 11.7. The van der Waals surface area contributed by atoms with Crippen LogP contribution in [0.4, 0.5) is 18.9 Å². The zero-order chi connectivity index (χ0) is 21.7. The summed E-state index contributed by atoms with van der Waals surface area (Å²) in [6.07, 6.45) is 0. The molecule has 7 nitrogen and oxygen atoms in total. The van der Waals surface area contributed by atoms with Crippen LogP contribution in [0.5, 0.6) is 0 Å². The third-order valence-corrected chi connectivity index (χ3v) is 4.74. The number of rotatable bonds is 7. The zero-order valence-corrected chi connectivity index (χ0v) is 16.3. The zero-order valence-electron chi connectivity index (χ0n) is 15.5. The van der Waals surface area contributed by atoms with Crippen molar-refractivity contribution < 1.29 is 27.2 Å². The Hall–Kier alpha value is -3.34. The van der Waals surface area contributed by atoms with E-state index >= 15 is 0 Å². The summed E-state index contributed by atoms with van der Waals surface area (Å²) < 4.78 is 45.2. The van der Waals surface area contributed by atoms with Crippen LogP contribution >= 0.6 is 11.8 Å². The van der Waals surface area contributed by atoms with E-state index in [9.17, 15) is 22.8 Å². The van der Waals surface area contributed by atoms with Crippen molar-refractivity contribution in [1.29, 1.82) is 0 Å². The van der Waals surface area contributed by atoms with Gasteiger partial charge in [0, 0.05) is 5.56 Å². The van der Waals surface area contributed by atoms with Crippen molar-refractivity contribution in [3.8, 4) is 11.5 Å². The first-order valence-electron chi connectivity index (χ1n) is 8.61. The SMILES string of the molecule is CC(Sc1nnc(-c2ccccc2)o1)C(=O)NCC(=O)Nc1ccc(F)c(F)c1F. The molecule has 1 aromatic heterocycles. The summed E-state index contributed by atoms with van der Waals surface area (Å²) in [5.41, 5.74) is 0.199. The Labute approximate surface area is 173 Å². The molecule has 0 spiro atoms. The van der Waals surface area contributed by atoms with Crippen LogP contribution < -0.4 is 10.6 Å². The Morgan fingerprint density at radius 2 is 1.80 bits per heavy atom. The van der Waals surface area contributed by atoms with Crippen LogP contribution in [0.3, 0.4) is 0 Å². The van der Waals surface area contributed by atoms with Gasteiger partial charge in [0.2, 0.25) is 17.7 Å². The number of nitrogens with zero attached hydrogens (tertiary/aromatic N) is 2. The van der Waals surface area contributed by atoms with Gasteiger partial charge in [-0.2, -0.15) is 0 Å². The fraction of sp³-hybridized carbons (Fsp3) is 0.158. The maximum Gasteiger partial charge on any atom is 0.277 e. The predicted octanol–water partition coefficient (Wildman–Crippen LogP) is 3.39. The Bertz CT molecular complexity index is 1060. The summed E-state index contributed by atoms with van der Waals surface area (Å²) in [6.45, 7) is 1.07. The lowest BCUT2D eigenvalue weighted by Gasteiger charge is -2.11. The van der Waals surface area contributed by atoms with Crippen LogP contribution in [0.1, 0.15) is 6.92 Å². The number of hydrogen-bond acceptors (Lipinski definition) is 6. The number of nitrogens with one attached hydrogen (secondary N) is 2. The number of benzene rings is 2. The Morgan fingerprint density at radius 1 is 1.07 bits per heavy atom. The second kappa shape index (κ2) is 9.44. The first-order valence-corrected chi connectivity index (χ1v) is 9.49. The molecule has 0 saturated heterocycles. The number of thioether (sulfide) groups is 1. The van der Waals surface area contributed by atoms with E-state index in [0.29, 0.717) is 12.0 Å². The quantitative estimate of drug-likeness (QED) is 0.435. The molecule has 2 N–H and O–H groups in total. The second-order valence-corrected chi connectivity index (χ2v) is 7.28. The van der Waals surface area contributed by atoms with E-state index in [1.165, 1.54) is 0 Å². The normalized spacial score (nSPS) is 11.7. The third-order valence-electron chi connectivity index (χ3n) is 3.81. The van der Waals surface area contributed by atoms with Crippen LogP contribution in [0.2, 0.25) is 0 Å². The van der Waals surface area contributed by atoms with Crippen LogP contribution in [0.15, 0.2) is 52.1 Å². The molecular weight excluding hydrogens is 421 g/mol. The van der Waals surface area contributed by atoms with E-state index in [2.05, 4.69) is 20.8 Å². The topological polar surface area (TPSA) is 97.1 Å². The maximum atomic E-state index is 13.6. The largest absolute Gasteiger partial charge is 0.411 e. The molecule has 3 aromatic rings. The van der Waals surface area contributed by atoms with E-state index in [1.54, 1.807) is 19.1 Å². The second-order valence-electron chi connectivity index (χ2n) is 5.99. The summed E-state index contributed by atoms with van der Waals surface area (Å²) in [4.78, 5) is 24.0. The van der Waals surface area contributed by atoms with E-state index in [1.807, 2.05) is 18.2 Å². The van der Waals surface area contributed by atoms with Crippen molar-refractivity contribution in [3.05, 3.63) is 59.9 Å². The fourth-order valence-corrected chi connectivity index (χ4v) is 3.00. The van der Waals surface area contributed by atoms with Gasteiger partial charge in [-0.1, -0.05) is 30.0 Å². The third kappa shape index (κ3) is 5.17. The standard InChI is InChI=1S/C19H15F3N4O3S/c1-10(30-19-26-25-18(29-19)11-5-3-2-4-6-11)17(28)23-9-14(27)24-13-8-7-12(20)15(21)16(13)22/h2-8,10H,9H2,1H3,(H,23,28)(H,24,27). The summed E-state index contributed by atoms with van der Waals surface area (Å²) in [7, 11) is 0. The van der Waals surface area contributed by atoms with Gasteiger partial charge in [0.05, 0.1) is 17.5 Å². The van der Waals surface area contributed by atoms with Gasteiger partial charge in [-0.15, -0.1) is 10.2 Å². The molecule has 30 heavy (non-hydrogen) atoms. The van der Waals surface area contributed by atoms with Crippen molar-refractivity contribution in [2.75, 3.05) is 11.9 Å². The lowest BCUT2D eigenvalue weighted by atomic mass is 10.2. The minimum Gasteiger partial charge on any atom is -0.411 e. The number of halogens is 3. The van der Waals surface area contributed by atoms with Gasteiger partial charge in [-0.25, -0.2) is 13.2 Å². The highest BCUT2D eigenvalue weighted by atomic mass is 32.2. The monoisotopic (exact) mass is 436 g/mol. The number of hydrogen-bond donors (Lipinski definition) is 2. The number of amides is 2. The van der Waals surface area contributed by atoms with Crippen LogP contribution in [0.25, 0.3) is 11.5 Å². The van der Waals surface area contributed by atoms with Gasteiger partial charge in [0.25, 0.3) is 5.22 Å². The number of carbonyl (C=O) groups is 2. The van der Waals surface area contributed by atoms with Gasteiger partial charge in [-0.05, 0) is 31.2 Å². The highest BCUT2D eigenvalue weighted by molar-refractivity contribution is 8.00. The lowest BCUT2D eigenvalue weighted by Crippen LogP contribution is -2.37. The van der Waals surface area contributed by atoms with Crippen molar-refractivity contribution >= 4 is 29.3 Å². The van der Waals surface area contributed by atoms with E-state index < -0.39 is 46.7 Å². The first kappa shape index (κ1) is 21.4. The molecule has 2 aromatic carbocycles. The highest BCUT2D eigenvalue weighted by Crippen LogP contribution is 2.26. The molecule has 0 aliphatic rings. The van der Waals surface area contributed by atoms with Gasteiger partial charge in [0.15, 0.2) is 17.5 Å². The highest BCUT2D eigenvalue weighted by Gasteiger charge is 2.20. The van der Waals surface area contributed by atoms with Crippen molar-refractivity contribution in [3.63, 3.8) is 0 Å². The molecule has 3 rings (SSSR count). The van der Waals surface area contributed by atoms with E-state index in [0.717, 1.165) is 23.4 Å². The minimum atomic E-state index is -1.70. The summed E-state index contributed by atoms with van der Waals surface area (Å²) in [5.74, 6) is -5.62. The summed E-state index contributed by atoms with van der Waals surface area (Å²) in [6, 6.07) is 10.6. The molecule has 0 bridgehead atoms. The first-order chi connectivity index (χ1) is 14.3. The molecule has 156 valence electrons. The Balaban J connectivity index is 1.51. The molecule has 1 unspecified atom stereocenters. The molecule has 0 aliphatic heterocycles. The molecule has 2 amide bonds. The summed E-state index contributed by atoms with van der Waals surface area (Å²) >= 11 is 0.994. The molecule has 0 fully saturated rings. The van der Waals surface area contributed by atoms with Gasteiger partial charge >= 0.3 is 0 Å². The Morgan fingerprint density at radius 3 is 2.53 bits per heavy atom. The predicted molar refractivity (Wildman–Crippen MR) is 103 cm³/mol. The average Bonchev–Trinajstić information content (AvgIpc) is 3.21. The molecule has 0 saturated carbocycles. The number of aromatic nitrogens is 2. The molecule has 1 atom stereocenters. The fourth-order valence-electron chi connectivity index (χ4n) is 2.29. The van der Waals surface area contributed by atoms with Gasteiger partial charge in [-0.3, -0.25) is 9.59 Å². The van der Waals surface area contributed by atoms with Crippen LogP contribution in [-0.2, 0) is 9.59 Å². The smallest absolute Gasteiger partial charge is 0.277 e. The minimum absolute atomic E-state index is 0.171. The average molecular weight is 436 g/mol. The number of anilines is 1. The number of carbonyl (C=O) groups excluding carboxylic acids is 2. The van der Waals surface area contributed by atoms with E-state index in [4.69, 9.17) is 4.42 Å². The molecule has 0 aliphatic carbocycles. The lowest BCUT2D eigenvalue weighted by molar-refractivity contribution is -0.123. The van der Waals surface area contributed by atoms with Crippen molar-refractivity contribution in [1.82, 2.24) is 15.5 Å². The maximum absolute atomic E-state index is 13.6. The van der Waals surface area contributed by atoms with Gasteiger partial charge in [0.1, 0.15) is 0 Å². The Kier molecular flexibility index (Phi) is 6.72. The molecule has 11 heteroatoms. The van der Waals surface area contributed by atoms with E-state index in [-0.39, 0.29) is 5.22 Å². The van der Waals surface area contributed by atoms with Gasteiger partial charge < -0.3 is 15.1 Å². The molecule has 1 heterocycles. The molecule has 0 radical (unpaired) electrons. The van der Waals surface area contributed by atoms with Crippen molar-refractivity contribution in [2.24, 2.45) is 0 Å². The van der Waals surface area contributed by atoms with Crippen molar-refractivity contribution in [2.45, 2.75) is 17.4 Å². The van der Waals surface area contributed by atoms with Crippen LogP contribution in [0, 0.1) is 17.5 Å². The van der Waals surface area contributed by atoms with Crippen LogP contribution in [-0.4, -0.2) is 33.8 Å². The molecular formula is C19H15F3N4O3S.